The molecule has 1 amide bonds. The molecule has 1 N–H and O–H groups in total. The molecule has 0 saturated carbocycles. The fourth-order valence-electron chi connectivity index (χ4n) is 2.32. The molecule has 0 spiro atoms. The molecule has 1 aromatic heterocycles. The normalized spacial score (nSPS) is 11.6. The van der Waals surface area contributed by atoms with Gasteiger partial charge >= 0.3 is 5.97 Å². The van der Waals surface area contributed by atoms with Crippen molar-refractivity contribution in [3.8, 4) is 10.6 Å². The number of nitrogens with one attached hydrogen (secondary N) is 1. The average Bonchev–Trinajstić information content (AvgIpc) is 3.12. The van der Waals surface area contributed by atoms with Crippen molar-refractivity contribution in [1.82, 2.24) is 4.98 Å². The number of esters is 1. The van der Waals surface area contributed by atoms with Gasteiger partial charge in [0.2, 0.25) is 0 Å². The fourth-order valence-corrected chi connectivity index (χ4v) is 3.41. The maximum atomic E-state index is 12.2. The Hall–Kier alpha value is -2.51. The van der Waals surface area contributed by atoms with Crippen LogP contribution in [0.25, 0.3) is 10.6 Å². The van der Waals surface area contributed by atoms with E-state index in [2.05, 4.69) is 26.2 Å². The highest BCUT2D eigenvalue weighted by molar-refractivity contribution is 9.10. The van der Waals surface area contributed by atoms with E-state index in [1.165, 1.54) is 11.3 Å². The third-order valence-corrected chi connectivity index (χ3v) is 5.16. The van der Waals surface area contributed by atoms with E-state index in [-0.39, 0.29) is 12.3 Å². The molecule has 1 unspecified atom stereocenters. The van der Waals surface area contributed by atoms with Crippen LogP contribution in [0.5, 0.6) is 0 Å². The van der Waals surface area contributed by atoms with Crippen molar-refractivity contribution in [3.05, 3.63) is 70.1 Å². The molecule has 27 heavy (non-hydrogen) atoms. The molecule has 138 valence electrons. The number of rotatable bonds is 6. The fraction of sp³-hybridized carbons (Fsp3) is 0.150. The lowest BCUT2D eigenvalue weighted by atomic mass is 10.2. The van der Waals surface area contributed by atoms with Crippen LogP contribution in [0, 0.1) is 0 Å². The predicted octanol–water partition coefficient (Wildman–Crippen LogP) is 4.69. The first-order valence-corrected chi connectivity index (χ1v) is 9.94. The van der Waals surface area contributed by atoms with Gasteiger partial charge in [0, 0.05) is 21.1 Å². The number of carbonyl (C=O) groups excluding carboxylic acids is 2. The molecule has 0 saturated heterocycles. The minimum atomic E-state index is -0.895. The molecule has 3 aromatic rings. The van der Waals surface area contributed by atoms with Crippen molar-refractivity contribution in [2.45, 2.75) is 19.4 Å². The molecule has 1 heterocycles. The molecule has 0 aliphatic heterocycles. The van der Waals surface area contributed by atoms with Gasteiger partial charge in [-0.2, -0.15) is 0 Å². The summed E-state index contributed by atoms with van der Waals surface area (Å²) in [5.74, 6) is -0.868. The third-order valence-electron chi connectivity index (χ3n) is 3.69. The molecular formula is C20H17BrN2O3S. The van der Waals surface area contributed by atoms with Gasteiger partial charge in [0.1, 0.15) is 5.01 Å². The summed E-state index contributed by atoms with van der Waals surface area (Å²) in [5.41, 5.74) is 2.27. The number of benzene rings is 2. The molecule has 3 rings (SSSR count). The predicted molar refractivity (Wildman–Crippen MR) is 110 cm³/mol. The van der Waals surface area contributed by atoms with Crippen molar-refractivity contribution in [3.63, 3.8) is 0 Å². The Balaban J connectivity index is 1.53. The van der Waals surface area contributed by atoms with Crippen LogP contribution < -0.4 is 5.32 Å². The first-order valence-electron chi connectivity index (χ1n) is 8.27. The molecule has 0 fully saturated rings. The van der Waals surface area contributed by atoms with E-state index in [1.54, 1.807) is 19.1 Å². The molecule has 0 bridgehead atoms. The molecule has 7 heteroatoms. The molecule has 2 aromatic carbocycles. The summed E-state index contributed by atoms with van der Waals surface area (Å²) in [6.07, 6.45) is -0.868. The Morgan fingerprint density at radius 2 is 1.85 bits per heavy atom. The van der Waals surface area contributed by atoms with Crippen LogP contribution in [0.2, 0.25) is 0 Å². The summed E-state index contributed by atoms with van der Waals surface area (Å²) in [4.78, 5) is 28.7. The minimum Gasteiger partial charge on any atom is -0.452 e. The average molecular weight is 445 g/mol. The maximum absolute atomic E-state index is 12.2. The SMILES string of the molecule is CC(OC(=O)Cc1csc(-c2ccccc2)n1)C(=O)Nc1ccc(Br)cc1. The lowest BCUT2D eigenvalue weighted by molar-refractivity contribution is -0.152. The maximum Gasteiger partial charge on any atom is 0.312 e. The quantitative estimate of drug-likeness (QED) is 0.560. The number of carbonyl (C=O) groups is 2. The Bertz CT molecular complexity index is 926. The van der Waals surface area contributed by atoms with Gasteiger partial charge in [-0.3, -0.25) is 9.59 Å². The van der Waals surface area contributed by atoms with Gasteiger partial charge in [0.15, 0.2) is 6.10 Å². The van der Waals surface area contributed by atoms with Crippen molar-refractivity contribution < 1.29 is 14.3 Å². The summed E-state index contributed by atoms with van der Waals surface area (Å²) in [6, 6.07) is 16.9. The summed E-state index contributed by atoms with van der Waals surface area (Å²) < 4.78 is 6.15. The van der Waals surface area contributed by atoms with Crippen LogP contribution in [-0.4, -0.2) is 23.0 Å². The highest BCUT2D eigenvalue weighted by Crippen LogP contribution is 2.23. The van der Waals surface area contributed by atoms with Gasteiger partial charge in [0.25, 0.3) is 5.91 Å². The molecule has 0 aliphatic rings. The number of hydrogen-bond donors (Lipinski definition) is 1. The van der Waals surface area contributed by atoms with Crippen LogP contribution in [0.4, 0.5) is 5.69 Å². The number of anilines is 1. The van der Waals surface area contributed by atoms with Crippen LogP contribution in [-0.2, 0) is 20.7 Å². The number of amides is 1. The summed E-state index contributed by atoms with van der Waals surface area (Å²) in [7, 11) is 0. The summed E-state index contributed by atoms with van der Waals surface area (Å²) in [6.45, 7) is 1.54. The number of ether oxygens (including phenoxy) is 1. The number of hydrogen-bond acceptors (Lipinski definition) is 5. The second kappa shape index (κ2) is 8.92. The third kappa shape index (κ3) is 5.48. The lowest BCUT2D eigenvalue weighted by Crippen LogP contribution is -2.30. The zero-order chi connectivity index (χ0) is 19.2. The van der Waals surface area contributed by atoms with Crippen LogP contribution in [0.15, 0.2) is 64.5 Å². The Morgan fingerprint density at radius 3 is 2.56 bits per heavy atom. The molecule has 0 aliphatic carbocycles. The van der Waals surface area contributed by atoms with Gasteiger partial charge in [-0.05, 0) is 31.2 Å². The molecular weight excluding hydrogens is 428 g/mol. The number of aromatic nitrogens is 1. The molecule has 5 nitrogen and oxygen atoms in total. The first kappa shape index (κ1) is 19.3. The minimum absolute atomic E-state index is 0.0270. The Kier molecular flexibility index (Phi) is 6.36. The first-order chi connectivity index (χ1) is 13.0. The largest absolute Gasteiger partial charge is 0.452 e. The van der Waals surface area contributed by atoms with Crippen LogP contribution in [0.3, 0.4) is 0 Å². The van der Waals surface area contributed by atoms with E-state index in [1.807, 2.05) is 47.8 Å². The van der Waals surface area contributed by atoms with E-state index < -0.39 is 12.1 Å². The number of halogens is 1. The standard InChI is InChI=1S/C20H17BrN2O3S/c1-13(19(25)22-16-9-7-15(21)8-10-16)26-18(24)11-17-12-27-20(23-17)14-5-3-2-4-6-14/h2-10,12-13H,11H2,1H3,(H,22,25). The van der Waals surface area contributed by atoms with E-state index >= 15 is 0 Å². The van der Waals surface area contributed by atoms with Crippen LogP contribution >= 0.6 is 27.3 Å². The zero-order valence-electron chi connectivity index (χ0n) is 14.5. The van der Waals surface area contributed by atoms with Gasteiger partial charge < -0.3 is 10.1 Å². The van der Waals surface area contributed by atoms with E-state index in [0.717, 1.165) is 15.0 Å². The summed E-state index contributed by atoms with van der Waals surface area (Å²) in [5, 5.41) is 5.39. The molecule has 0 radical (unpaired) electrons. The van der Waals surface area contributed by atoms with Crippen molar-refractivity contribution in [2.24, 2.45) is 0 Å². The number of nitrogens with zero attached hydrogens (tertiary/aromatic N) is 1. The highest BCUT2D eigenvalue weighted by atomic mass is 79.9. The Labute approximate surface area is 169 Å². The lowest BCUT2D eigenvalue weighted by Gasteiger charge is -2.13. The topological polar surface area (TPSA) is 68.3 Å². The summed E-state index contributed by atoms with van der Waals surface area (Å²) >= 11 is 4.80. The van der Waals surface area contributed by atoms with Gasteiger partial charge in [-0.15, -0.1) is 11.3 Å². The molecule has 1 atom stereocenters. The van der Waals surface area contributed by atoms with E-state index in [4.69, 9.17) is 4.74 Å². The zero-order valence-corrected chi connectivity index (χ0v) is 16.9. The van der Waals surface area contributed by atoms with E-state index in [0.29, 0.717) is 11.4 Å². The van der Waals surface area contributed by atoms with Crippen LogP contribution in [0.1, 0.15) is 12.6 Å². The second-order valence-electron chi connectivity index (χ2n) is 5.82. The van der Waals surface area contributed by atoms with Crippen molar-refractivity contribution in [2.75, 3.05) is 5.32 Å². The smallest absolute Gasteiger partial charge is 0.312 e. The number of thiazole rings is 1. The van der Waals surface area contributed by atoms with Gasteiger partial charge in [0.05, 0.1) is 12.1 Å². The van der Waals surface area contributed by atoms with Crippen molar-refractivity contribution >= 4 is 44.8 Å². The monoisotopic (exact) mass is 444 g/mol. The highest BCUT2D eigenvalue weighted by Gasteiger charge is 2.19. The van der Waals surface area contributed by atoms with E-state index in [9.17, 15) is 9.59 Å². The second-order valence-corrected chi connectivity index (χ2v) is 7.59. The van der Waals surface area contributed by atoms with Gasteiger partial charge in [-0.1, -0.05) is 46.3 Å². The van der Waals surface area contributed by atoms with Gasteiger partial charge in [-0.25, -0.2) is 4.98 Å². The van der Waals surface area contributed by atoms with Crippen molar-refractivity contribution in [1.29, 1.82) is 0 Å². The Morgan fingerprint density at radius 1 is 1.15 bits per heavy atom.